The zero-order valence-corrected chi connectivity index (χ0v) is 26.0. The summed E-state index contributed by atoms with van der Waals surface area (Å²) in [6.45, 7) is 4.78. The molecule has 0 saturated heterocycles. The monoisotopic (exact) mass is 597 g/mol. The molecule has 0 atom stereocenters. The lowest BCUT2D eigenvalue weighted by Crippen LogP contribution is -2.42. The number of pyridine rings is 1. The van der Waals surface area contributed by atoms with Crippen molar-refractivity contribution in [3.05, 3.63) is 60.0 Å². The molecular weight excluding hydrogens is 554 g/mol. The molecule has 2 saturated carbocycles. The van der Waals surface area contributed by atoms with E-state index in [0.717, 1.165) is 49.7 Å². The van der Waals surface area contributed by atoms with E-state index < -0.39 is 5.97 Å². The Labute approximate surface area is 259 Å². The number of benzene rings is 1. The van der Waals surface area contributed by atoms with Gasteiger partial charge in [-0.3, -0.25) is 19.2 Å². The quantitative estimate of drug-likeness (QED) is 0.267. The van der Waals surface area contributed by atoms with E-state index in [9.17, 15) is 20.0 Å². The molecule has 9 heteroatoms. The number of hydrogen-bond donors (Lipinski definition) is 1. The number of amides is 1. The number of hydrogen-bond acceptors (Lipinski definition) is 6. The highest BCUT2D eigenvalue weighted by Crippen LogP contribution is 2.39. The summed E-state index contributed by atoms with van der Waals surface area (Å²) in [4.78, 5) is 32.0. The lowest BCUT2D eigenvalue weighted by Gasteiger charge is -2.35. The maximum absolute atomic E-state index is 14.2. The first-order valence-electron chi connectivity index (χ1n) is 15.9. The lowest BCUT2D eigenvalue weighted by atomic mass is 9.77. The van der Waals surface area contributed by atoms with Gasteiger partial charge in [-0.25, -0.2) is 4.98 Å². The van der Waals surface area contributed by atoms with Gasteiger partial charge >= 0.3 is 5.97 Å². The van der Waals surface area contributed by atoms with E-state index in [1.54, 1.807) is 13.3 Å². The second-order valence-corrected chi connectivity index (χ2v) is 12.8. The Bertz CT molecular complexity index is 1490. The van der Waals surface area contributed by atoms with Crippen LogP contribution < -0.4 is 9.64 Å². The molecule has 3 aromatic rings. The highest BCUT2D eigenvalue weighted by atomic mass is 16.5. The second kappa shape index (κ2) is 14.1. The number of aliphatic carboxylic acids is 1. The minimum absolute atomic E-state index is 0.0947. The van der Waals surface area contributed by atoms with Gasteiger partial charge in [0.25, 0.3) is 0 Å². The predicted molar refractivity (Wildman–Crippen MR) is 168 cm³/mol. The number of carbonyl (C=O) groups excluding carboxylic acids is 1. The fourth-order valence-electron chi connectivity index (χ4n) is 6.90. The third-order valence-electron chi connectivity index (χ3n) is 9.51. The third-order valence-corrected chi connectivity index (χ3v) is 9.51. The van der Waals surface area contributed by atoms with Crippen LogP contribution in [0.2, 0.25) is 0 Å². The zero-order chi connectivity index (χ0) is 31.2. The van der Waals surface area contributed by atoms with Gasteiger partial charge in [-0.2, -0.15) is 10.4 Å². The summed E-state index contributed by atoms with van der Waals surface area (Å²) in [6, 6.07) is 12.4. The molecule has 2 aliphatic carbocycles. The number of carboxylic acid groups (broad SMARTS) is 1. The second-order valence-electron chi connectivity index (χ2n) is 12.8. The Morgan fingerprint density at radius 3 is 2.41 bits per heavy atom. The van der Waals surface area contributed by atoms with Crippen LogP contribution in [0.3, 0.4) is 0 Å². The van der Waals surface area contributed by atoms with Crippen molar-refractivity contribution in [2.45, 2.75) is 83.6 Å². The first kappa shape index (κ1) is 31.2. The van der Waals surface area contributed by atoms with Gasteiger partial charge in [-0.05, 0) is 118 Å². The molecule has 44 heavy (non-hydrogen) atoms. The minimum atomic E-state index is -0.766. The van der Waals surface area contributed by atoms with Gasteiger partial charge in [0.05, 0.1) is 18.9 Å². The highest BCUT2D eigenvalue weighted by molar-refractivity contribution is 5.94. The molecule has 2 heterocycles. The molecular formula is C35H43N5O4. The van der Waals surface area contributed by atoms with Crippen molar-refractivity contribution < 1.29 is 19.4 Å². The molecule has 1 aromatic carbocycles. The smallest absolute Gasteiger partial charge is 0.303 e. The number of carboxylic acids is 1. The van der Waals surface area contributed by atoms with Gasteiger partial charge in [-0.15, -0.1) is 0 Å². The summed E-state index contributed by atoms with van der Waals surface area (Å²) >= 11 is 0. The SMILES string of the molecule is COc1ccc(C2CCC(CN(C(=O)C3CCC(CC(=O)O)CC3)c3cc(-c4cnn(C(C)C)c4)ccn3)CC2)cc1C#N. The van der Waals surface area contributed by atoms with E-state index in [-0.39, 0.29) is 30.2 Å². The van der Waals surface area contributed by atoms with E-state index >= 15 is 0 Å². The van der Waals surface area contributed by atoms with Crippen LogP contribution in [0.5, 0.6) is 5.75 Å². The molecule has 232 valence electrons. The van der Waals surface area contributed by atoms with Crippen molar-refractivity contribution in [1.82, 2.24) is 14.8 Å². The van der Waals surface area contributed by atoms with E-state index in [2.05, 4.69) is 31.1 Å². The Morgan fingerprint density at radius 1 is 1.05 bits per heavy atom. The Balaban J connectivity index is 1.33. The molecule has 2 fully saturated rings. The summed E-state index contributed by atoms with van der Waals surface area (Å²) in [5, 5.41) is 23.3. The maximum atomic E-state index is 14.2. The largest absolute Gasteiger partial charge is 0.495 e. The third kappa shape index (κ3) is 7.29. The Hall–Kier alpha value is -4.19. The number of nitrogens with zero attached hydrogens (tertiary/aromatic N) is 5. The fraction of sp³-hybridized carbons (Fsp3) is 0.514. The maximum Gasteiger partial charge on any atom is 0.303 e. The van der Waals surface area contributed by atoms with Crippen molar-refractivity contribution in [3.8, 4) is 22.9 Å². The van der Waals surface area contributed by atoms with Gasteiger partial charge < -0.3 is 9.84 Å². The van der Waals surface area contributed by atoms with Gasteiger partial charge in [0.2, 0.25) is 5.91 Å². The van der Waals surface area contributed by atoms with Gasteiger partial charge in [-0.1, -0.05) is 6.07 Å². The number of carbonyl (C=O) groups is 2. The highest BCUT2D eigenvalue weighted by Gasteiger charge is 2.34. The van der Waals surface area contributed by atoms with Gasteiger partial charge in [0.15, 0.2) is 0 Å². The normalized spacial score (nSPS) is 21.9. The molecule has 0 bridgehead atoms. The van der Waals surface area contributed by atoms with E-state index in [0.29, 0.717) is 48.4 Å². The van der Waals surface area contributed by atoms with Crippen molar-refractivity contribution in [2.24, 2.45) is 17.8 Å². The molecule has 1 N–H and O–H groups in total. The van der Waals surface area contributed by atoms with Crippen LogP contribution >= 0.6 is 0 Å². The molecule has 2 aliphatic rings. The minimum Gasteiger partial charge on any atom is -0.495 e. The number of anilines is 1. The molecule has 2 aromatic heterocycles. The predicted octanol–water partition coefficient (Wildman–Crippen LogP) is 6.99. The number of nitriles is 1. The van der Waals surface area contributed by atoms with E-state index in [4.69, 9.17) is 9.72 Å². The van der Waals surface area contributed by atoms with Crippen LogP contribution in [-0.2, 0) is 9.59 Å². The Morgan fingerprint density at radius 2 is 1.77 bits per heavy atom. The number of aromatic nitrogens is 3. The Kier molecular flexibility index (Phi) is 9.99. The van der Waals surface area contributed by atoms with Crippen LogP contribution in [-0.4, -0.2) is 45.4 Å². The molecule has 1 amide bonds. The number of rotatable bonds is 10. The molecule has 5 rings (SSSR count). The number of methoxy groups -OCH3 is 1. The van der Waals surface area contributed by atoms with Crippen molar-refractivity contribution >= 4 is 17.7 Å². The van der Waals surface area contributed by atoms with Crippen LogP contribution in [0.1, 0.15) is 94.7 Å². The molecule has 0 unspecified atom stereocenters. The summed E-state index contributed by atoms with van der Waals surface area (Å²) in [7, 11) is 1.58. The average molecular weight is 598 g/mol. The molecule has 9 nitrogen and oxygen atoms in total. The van der Waals surface area contributed by atoms with E-state index in [1.165, 1.54) is 5.56 Å². The summed E-state index contributed by atoms with van der Waals surface area (Å²) in [5.41, 5.74) is 3.69. The fourth-order valence-corrected chi connectivity index (χ4v) is 6.90. The topological polar surface area (TPSA) is 121 Å². The van der Waals surface area contributed by atoms with Crippen molar-refractivity contribution in [2.75, 3.05) is 18.6 Å². The summed E-state index contributed by atoms with van der Waals surface area (Å²) in [5.74, 6) is 1.30. The van der Waals surface area contributed by atoms with Crippen LogP contribution in [0.4, 0.5) is 5.82 Å². The summed E-state index contributed by atoms with van der Waals surface area (Å²) < 4.78 is 7.25. The van der Waals surface area contributed by atoms with E-state index in [1.807, 2.05) is 46.2 Å². The molecule has 0 spiro atoms. The van der Waals surface area contributed by atoms with Crippen molar-refractivity contribution in [1.29, 1.82) is 5.26 Å². The average Bonchev–Trinajstić information content (AvgIpc) is 3.55. The first-order chi connectivity index (χ1) is 21.2. The molecule has 0 radical (unpaired) electrons. The zero-order valence-electron chi connectivity index (χ0n) is 26.0. The van der Waals surface area contributed by atoms with Crippen molar-refractivity contribution in [3.63, 3.8) is 0 Å². The van der Waals surface area contributed by atoms with Gasteiger partial charge in [0, 0.05) is 42.9 Å². The summed E-state index contributed by atoms with van der Waals surface area (Å²) in [6.07, 6.45) is 12.7. The number of ether oxygens (including phenoxy) is 1. The standard InChI is InChI=1S/C35H43N5O4/c1-23(2)40-22-31(20-38-40)29-14-15-37-33(18-29)39(35(43)27-10-4-24(5-11-27)16-34(41)42)21-25-6-8-26(9-7-25)28-12-13-32(44-3)30(17-28)19-36/h12-15,17-18,20,22-27H,4-11,16,21H2,1-3H3,(H,41,42). The first-order valence-corrected chi connectivity index (χ1v) is 15.9. The van der Waals surface area contributed by atoms with Crippen LogP contribution in [0.25, 0.3) is 11.1 Å². The van der Waals surface area contributed by atoms with Crippen LogP contribution in [0, 0.1) is 29.1 Å². The molecule has 0 aliphatic heterocycles. The van der Waals surface area contributed by atoms with Gasteiger partial charge in [0.1, 0.15) is 17.6 Å². The lowest BCUT2D eigenvalue weighted by molar-refractivity contribution is -0.138. The van der Waals surface area contributed by atoms with Crippen LogP contribution in [0.15, 0.2) is 48.9 Å².